The van der Waals surface area contributed by atoms with Crippen molar-refractivity contribution in [3.05, 3.63) is 34.9 Å². The Kier molecular flexibility index (Phi) is 7.12. The Labute approximate surface area is 120 Å². The molecule has 0 bridgehead atoms. The predicted octanol–water partition coefficient (Wildman–Crippen LogP) is 3.49. The third kappa shape index (κ3) is 6.41. The van der Waals surface area contributed by atoms with Gasteiger partial charge in [0.05, 0.1) is 0 Å². The number of halogens is 3. The highest BCUT2D eigenvalue weighted by Crippen LogP contribution is 2.15. The third-order valence-electron chi connectivity index (χ3n) is 1.93. The van der Waals surface area contributed by atoms with Crippen molar-refractivity contribution in [2.75, 3.05) is 12.3 Å². The van der Waals surface area contributed by atoms with Crippen molar-refractivity contribution in [2.45, 2.75) is 10.6 Å². The minimum absolute atomic E-state index is 0.347. The molecule has 0 aliphatic carbocycles. The molecular formula is C11H12Cl3NOS. The van der Waals surface area contributed by atoms with Crippen LogP contribution in [0.4, 0.5) is 0 Å². The van der Waals surface area contributed by atoms with E-state index in [4.69, 9.17) is 34.8 Å². The van der Waals surface area contributed by atoms with Gasteiger partial charge in [0.1, 0.15) is 0 Å². The molecule has 17 heavy (non-hydrogen) atoms. The Hall–Kier alpha value is -0.0900. The molecule has 0 saturated heterocycles. The Bertz CT molecular complexity index is 356. The van der Waals surface area contributed by atoms with Crippen LogP contribution in [0, 0.1) is 0 Å². The van der Waals surface area contributed by atoms with Crippen LogP contribution < -0.4 is 5.32 Å². The highest BCUT2D eigenvalue weighted by Gasteiger charge is 2.09. The molecule has 1 rings (SSSR count). The van der Waals surface area contributed by atoms with Crippen molar-refractivity contribution in [1.29, 1.82) is 0 Å². The topological polar surface area (TPSA) is 29.1 Å². The van der Waals surface area contributed by atoms with Crippen LogP contribution in [0.2, 0.25) is 5.02 Å². The number of hydrogen-bond acceptors (Lipinski definition) is 2. The van der Waals surface area contributed by atoms with E-state index in [1.54, 1.807) is 11.8 Å². The molecule has 0 fully saturated rings. The fraction of sp³-hybridized carbons (Fsp3) is 0.364. The van der Waals surface area contributed by atoms with E-state index in [0.717, 1.165) is 16.5 Å². The largest absolute Gasteiger partial charge is 0.353 e. The number of hydrogen-bond donors (Lipinski definition) is 1. The maximum absolute atomic E-state index is 11.0. The van der Waals surface area contributed by atoms with Crippen LogP contribution in [-0.2, 0) is 10.5 Å². The van der Waals surface area contributed by atoms with Crippen molar-refractivity contribution < 1.29 is 4.79 Å². The fourth-order valence-electron chi connectivity index (χ4n) is 1.09. The number of rotatable bonds is 6. The van der Waals surface area contributed by atoms with Crippen LogP contribution in [0.15, 0.2) is 24.3 Å². The molecule has 0 radical (unpaired) electrons. The van der Waals surface area contributed by atoms with E-state index in [2.05, 4.69) is 5.32 Å². The van der Waals surface area contributed by atoms with E-state index < -0.39 is 4.84 Å². The summed E-state index contributed by atoms with van der Waals surface area (Å²) >= 11 is 18.3. The summed E-state index contributed by atoms with van der Waals surface area (Å²) in [6, 6.07) is 7.71. The number of carbonyl (C=O) groups is 1. The lowest BCUT2D eigenvalue weighted by Crippen LogP contribution is -2.30. The van der Waals surface area contributed by atoms with Crippen LogP contribution in [-0.4, -0.2) is 23.0 Å². The van der Waals surface area contributed by atoms with Crippen molar-refractivity contribution in [2.24, 2.45) is 0 Å². The summed E-state index contributed by atoms with van der Waals surface area (Å²) in [4.78, 5) is 10.0. The highest BCUT2D eigenvalue weighted by molar-refractivity contribution is 7.98. The minimum atomic E-state index is -0.990. The van der Waals surface area contributed by atoms with Gasteiger partial charge in [0.2, 0.25) is 0 Å². The van der Waals surface area contributed by atoms with E-state index in [0.29, 0.717) is 6.54 Å². The summed E-state index contributed by atoms with van der Waals surface area (Å²) in [6.07, 6.45) is 0. The van der Waals surface area contributed by atoms with Gasteiger partial charge in [-0.25, -0.2) is 0 Å². The van der Waals surface area contributed by atoms with Crippen LogP contribution in [0.3, 0.4) is 0 Å². The molecule has 0 atom stereocenters. The Balaban J connectivity index is 2.12. The number of carbonyl (C=O) groups excluding carboxylic acids is 1. The normalized spacial score (nSPS) is 10.6. The Morgan fingerprint density at radius 2 is 1.94 bits per heavy atom. The number of amides is 1. The SMILES string of the molecule is O=C(NCCSCc1ccc(Cl)cc1)C(Cl)Cl. The molecule has 0 heterocycles. The molecule has 1 aromatic carbocycles. The zero-order valence-corrected chi connectivity index (χ0v) is 12.0. The first kappa shape index (κ1) is 15.0. The molecule has 1 amide bonds. The molecule has 0 spiro atoms. The molecule has 0 aromatic heterocycles. The van der Waals surface area contributed by atoms with E-state index in [1.807, 2.05) is 24.3 Å². The second-order valence-corrected chi connectivity index (χ2v) is 5.91. The highest BCUT2D eigenvalue weighted by atomic mass is 35.5. The van der Waals surface area contributed by atoms with E-state index in [9.17, 15) is 4.79 Å². The smallest absolute Gasteiger partial charge is 0.253 e. The van der Waals surface area contributed by atoms with Crippen molar-refractivity contribution >= 4 is 52.5 Å². The van der Waals surface area contributed by atoms with Gasteiger partial charge in [-0.2, -0.15) is 11.8 Å². The maximum atomic E-state index is 11.0. The van der Waals surface area contributed by atoms with Crippen LogP contribution in [0.5, 0.6) is 0 Å². The van der Waals surface area contributed by atoms with Crippen LogP contribution in [0.25, 0.3) is 0 Å². The van der Waals surface area contributed by atoms with Gasteiger partial charge in [0.15, 0.2) is 4.84 Å². The van der Waals surface area contributed by atoms with Gasteiger partial charge in [0, 0.05) is 23.1 Å². The summed E-state index contributed by atoms with van der Waals surface area (Å²) < 4.78 is 0. The average Bonchev–Trinajstić information content (AvgIpc) is 2.30. The van der Waals surface area contributed by atoms with E-state index in [1.165, 1.54) is 5.56 Å². The third-order valence-corrected chi connectivity index (χ3v) is 3.60. The molecule has 6 heteroatoms. The molecule has 0 unspecified atom stereocenters. The molecule has 2 nitrogen and oxygen atoms in total. The monoisotopic (exact) mass is 311 g/mol. The van der Waals surface area contributed by atoms with Gasteiger partial charge in [-0.3, -0.25) is 4.79 Å². The van der Waals surface area contributed by atoms with Gasteiger partial charge in [-0.05, 0) is 17.7 Å². The van der Waals surface area contributed by atoms with Crippen molar-refractivity contribution in [3.8, 4) is 0 Å². The Morgan fingerprint density at radius 1 is 1.29 bits per heavy atom. The van der Waals surface area contributed by atoms with Gasteiger partial charge in [0.25, 0.3) is 5.91 Å². The lowest BCUT2D eigenvalue weighted by Gasteiger charge is -2.05. The molecule has 0 aliphatic rings. The molecule has 1 N–H and O–H groups in total. The second kappa shape index (κ2) is 8.09. The molecular weight excluding hydrogens is 301 g/mol. The zero-order valence-electron chi connectivity index (χ0n) is 8.96. The second-order valence-electron chi connectivity index (χ2n) is 3.27. The lowest BCUT2D eigenvalue weighted by atomic mass is 10.2. The van der Waals surface area contributed by atoms with Gasteiger partial charge < -0.3 is 5.32 Å². The summed E-state index contributed by atoms with van der Waals surface area (Å²) in [7, 11) is 0. The quantitative estimate of drug-likeness (QED) is 0.643. The maximum Gasteiger partial charge on any atom is 0.253 e. The number of alkyl halides is 2. The lowest BCUT2D eigenvalue weighted by molar-refractivity contribution is -0.119. The number of nitrogens with one attached hydrogen (secondary N) is 1. The summed E-state index contributed by atoms with van der Waals surface area (Å²) in [5.41, 5.74) is 1.21. The predicted molar refractivity (Wildman–Crippen MR) is 76.1 cm³/mol. The summed E-state index contributed by atoms with van der Waals surface area (Å²) in [5, 5.41) is 3.37. The van der Waals surface area contributed by atoms with Gasteiger partial charge in [-0.15, -0.1) is 0 Å². The standard InChI is InChI=1S/C11H12Cl3NOS/c12-9-3-1-8(2-4-9)7-17-6-5-15-11(16)10(13)14/h1-4,10H,5-7H2,(H,15,16). The van der Waals surface area contributed by atoms with Gasteiger partial charge in [-0.1, -0.05) is 46.9 Å². The molecule has 0 saturated carbocycles. The van der Waals surface area contributed by atoms with Crippen LogP contribution in [0.1, 0.15) is 5.56 Å². The average molecular weight is 313 g/mol. The Morgan fingerprint density at radius 3 is 2.53 bits per heavy atom. The first-order valence-corrected chi connectivity index (χ1v) is 7.38. The van der Waals surface area contributed by atoms with E-state index >= 15 is 0 Å². The summed E-state index contributed by atoms with van der Waals surface area (Å²) in [5.74, 6) is 1.35. The number of thioether (sulfide) groups is 1. The first-order valence-electron chi connectivity index (χ1n) is 4.97. The fourth-order valence-corrected chi connectivity index (χ4v) is 2.19. The van der Waals surface area contributed by atoms with E-state index in [-0.39, 0.29) is 5.91 Å². The molecule has 0 aliphatic heterocycles. The van der Waals surface area contributed by atoms with Crippen molar-refractivity contribution in [3.63, 3.8) is 0 Å². The minimum Gasteiger partial charge on any atom is -0.353 e. The molecule has 1 aromatic rings. The molecule has 94 valence electrons. The van der Waals surface area contributed by atoms with Crippen LogP contribution >= 0.6 is 46.6 Å². The summed E-state index contributed by atoms with van der Waals surface area (Å²) in [6.45, 7) is 0.563. The first-order chi connectivity index (χ1) is 8.09. The van der Waals surface area contributed by atoms with Crippen molar-refractivity contribution in [1.82, 2.24) is 5.32 Å². The number of benzene rings is 1. The van der Waals surface area contributed by atoms with Gasteiger partial charge >= 0.3 is 0 Å². The zero-order chi connectivity index (χ0) is 12.7.